The van der Waals surface area contributed by atoms with Crippen LogP contribution in [0.25, 0.3) is 0 Å². The van der Waals surface area contributed by atoms with Crippen molar-refractivity contribution in [2.24, 2.45) is 0 Å². The summed E-state index contributed by atoms with van der Waals surface area (Å²) < 4.78 is 32.6. The number of ether oxygens (including phenoxy) is 1. The van der Waals surface area contributed by atoms with Gasteiger partial charge in [0.1, 0.15) is 5.75 Å². The van der Waals surface area contributed by atoms with Gasteiger partial charge in [0, 0.05) is 55.1 Å². The summed E-state index contributed by atoms with van der Waals surface area (Å²) in [5.74, 6) is 6.60. The van der Waals surface area contributed by atoms with E-state index in [0.29, 0.717) is 17.7 Å². The normalized spacial score (nSPS) is 13.6. The summed E-state index contributed by atoms with van der Waals surface area (Å²) in [6, 6.07) is 32.0. The second-order valence-electron chi connectivity index (χ2n) is 10.4. The first-order valence-electron chi connectivity index (χ1n) is 14.4. The number of carbonyl (C=O) groups is 1. The van der Waals surface area contributed by atoms with Crippen molar-refractivity contribution in [3.8, 4) is 17.6 Å². The van der Waals surface area contributed by atoms with Gasteiger partial charge in [0.05, 0.1) is 12.4 Å². The van der Waals surface area contributed by atoms with Crippen LogP contribution < -0.4 is 14.4 Å². The molecule has 0 unspecified atom stereocenters. The quantitative estimate of drug-likeness (QED) is 0.273. The molecule has 0 atom stereocenters. The number of carbonyl (C=O) groups excluding carboxylic acids is 1. The number of anilines is 1. The van der Waals surface area contributed by atoms with E-state index in [2.05, 4.69) is 44.6 Å². The van der Waals surface area contributed by atoms with Gasteiger partial charge < -0.3 is 9.64 Å². The molecule has 0 radical (unpaired) electrons. The van der Waals surface area contributed by atoms with Gasteiger partial charge in [0.25, 0.3) is 5.91 Å². The Morgan fingerprint density at radius 2 is 1.49 bits per heavy atom. The highest BCUT2D eigenvalue weighted by atomic mass is 32.2. The summed E-state index contributed by atoms with van der Waals surface area (Å²) in [7, 11) is -3.80. The van der Waals surface area contributed by atoms with Crippen molar-refractivity contribution in [1.29, 1.82) is 0 Å². The van der Waals surface area contributed by atoms with Gasteiger partial charge in [-0.1, -0.05) is 60.4 Å². The summed E-state index contributed by atoms with van der Waals surface area (Å²) in [5, 5.41) is 0. The van der Waals surface area contributed by atoms with E-state index < -0.39 is 15.9 Å². The predicted octanol–water partition coefficient (Wildman–Crippen LogP) is 5.07. The molecule has 1 fully saturated rings. The first-order chi connectivity index (χ1) is 20.9. The average molecular weight is 594 g/mol. The Kier molecular flexibility index (Phi) is 9.77. The summed E-state index contributed by atoms with van der Waals surface area (Å²) in [6.45, 7) is 6.89. The van der Waals surface area contributed by atoms with Crippen LogP contribution in [0, 0.1) is 11.8 Å². The Balaban J connectivity index is 1.14. The molecule has 4 aromatic rings. The summed E-state index contributed by atoms with van der Waals surface area (Å²) in [4.78, 5) is 17.3. The maximum Gasteiger partial charge on any atom is 0.264 e. The molecule has 43 heavy (non-hydrogen) atoms. The number of nitrogens with one attached hydrogen (secondary N) is 1. The summed E-state index contributed by atoms with van der Waals surface area (Å²) in [6.07, 6.45) is 0. The molecular formula is C35H35N3O4S. The van der Waals surface area contributed by atoms with Crippen molar-refractivity contribution in [1.82, 2.24) is 9.62 Å². The first kappa shape index (κ1) is 29.9. The van der Waals surface area contributed by atoms with Crippen molar-refractivity contribution in [3.63, 3.8) is 0 Å². The van der Waals surface area contributed by atoms with Gasteiger partial charge in [-0.3, -0.25) is 9.69 Å². The zero-order chi connectivity index (χ0) is 30.1. The van der Waals surface area contributed by atoms with Crippen LogP contribution in [0.3, 0.4) is 0 Å². The molecule has 0 saturated carbocycles. The molecule has 0 aromatic heterocycles. The molecule has 8 heteroatoms. The second-order valence-corrected chi connectivity index (χ2v) is 12.1. The lowest BCUT2D eigenvalue weighted by molar-refractivity contribution is 0.0981. The van der Waals surface area contributed by atoms with Gasteiger partial charge >= 0.3 is 0 Å². The Morgan fingerprint density at radius 3 is 2.19 bits per heavy atom. The Hall–Kier alpha value is -4.58. The third kappa shape index (κ3) is 8.48. The van der Waals surface area contributed by atoms with Crippen molar-refractivity contribution in [2.75, 3.05) is 37.7 Å². The lowest BCUT2D eigenvalue weighted by atomic mass is 10.1. The van der Waals surface area contributed by atoms with Gasteiger partial charge in [-0.2, -0.15) is 0 Å². The standard InChI is InChI=1S/C35H35N3O4S/c1-2-42-34-20-13-28(14-21-34)12-15-30-10-6-7-11-32(30)26-37-22-24-38(25-23-37)33-18-16-31(17-19-33)35(39)36-43(40,41)27-29-8-4-3-5-9-29/h3-11,13-14,16-21H,2,22-27H2,1H3,(H,36,39). The van der Waals surface area contributed by atoms with Gasteiger partial charge in [0.15, 0.2) is 0 Å². The maximum atomic E-state index is 12.6. The molecule has 1 amide bonds. The third-order valence-electron chi connectivity index (χ3n) is 7.23. The molecule has 0 spiro atoms. The van der Waals surface area contributed by atoms with E-state index in [4.69, 9.17) is 4.74 Å². The van der Waals surface area contributed by atoms with Crippen LogP contribution in [-0.2, 0) is 22.3 Å². The number of rotatable bonds is 9. The van der Waals surface area contributed by atoms with Gasteiger partial charge in [0.2, 0.25) is 10.0 Å². The monoisotopic (exact) mass is 593 g/mol. The Bertz CT molecular complexity index is 1690. The largest absolute Gasteiger partial charge is 0.494 e. The van der Waals surface area contributed by atoms with E-state index in [-0.39, 0.29) is 5.75 Å². The zero-order valence-electron chi connectivity index (χ0n) is 24.2. The lowest BCUT2D eigenvalue weighted by Gasteiger charge is -2.36. The minimum Gasteiger partial charge on any atom is -0.494 e. The van der Waals surface area contributed by atoms with Gasteiger partial charge in [-0.25, -0.2) is 13.1 Å². The van der Waals surface area contributed by atoms with Crippen LogP contribution in [0.15, 0.2) is 103 Å². The minimum atomic E-state index is -3.80. The van der Waals surface area contributed by atoms with Crippen LogP contribution in [0.5, 0.6) is 5.75 Å². The highest BCUT2D eigenvalue weighted by Crippen LogP contribution is 2.20. The first-order valence-corrected chi connectivity index (χ1v) is 16.0. The third-order valence-corrected chi connectivity index (χ3v) is 8.44. The molecule has 1 aliphatic heterocycles. The maximum absolute atomic E-state index is 12.6. The van der Waals surface area contributed by atoms with Crippen molar-refractivity contribution in [2.45, 2.75) is 19.2 Å². The smallest absolute Gasteiger partial charge is 0.264 e. The van der Waals surface area contributed by atoms with Crippen molar-refractivity contribution < 1.29 is 17.9 Å². The van der Waals surface area contributed by atoms with Gasteiger partial charge in [-0.15, -0.1) is 0 Å². The van der Waals surface area contributed by atoms with Crippen molar-refractivity contribution in [3.05, 3.63) is 131 Å². The highest BCUT2D eigenvalue weighted by Gasteiger charge is 2.20. The number of nitrogens with zero attached hydrogens (tertiary/aromatic N) is 2. The molecule has 0 bridgehead atoms. The summed E-state index contributed by atoms with van der Waals surface area (Å²) >= 11 is 0. The van der Waals surface area contributed by atoms with E-state index in [1.165, 1.54) is 5.56 Å². The van der Waals surface area contributed by atoms with Crippen molar-refractivity contribution >= 4 is 21.6 Å². The van der Waals surface area contributed by atoms with Crippen LogP contribution in [0.1, 0.15) is 39.5 Å². The molecule has 220 valence electrons. The Labute approximate surface area is 254 Å². The second kappa shape index (κ2) is 14.1. The van der Waals surface area contributed by atoms with Crippen LogP contribution in [0.2, 0.25) is 0 Å². The molecule has 7 nitrogen and oxygen atoms in total. The fraction of sp³-hybridized carbons (Fsp3) is 0.229. The van der Waals surface area contributed by atoms with E-state index in [1.807, 2.05) is 55.5 Å². The molecule has 1 N–H and O–H groups in total. The summed E-state index contributed by atoms with van der Waals surface area (Å²) in [5.41, 5.74) is 5.11. The SMILES string of the molecule is CCOc1ccc(C#Cc2ccccc2CN2CCN(c3ccc(C(=O)NS(=O)(=O)Cc4ccccc4)cc3)CC2)cc1. The number of benzene rings is 4. The minimum absolute atomic E-state index is 0.248. The van der Waals surface area contributed by atoms with E-state index in [0.717, 1.165) is 55.3 Å². The highest BCUT2D eigenvalue weighted by molar-refractivity contribution is 7.89. The molecule has 4 aromatic carbocycles. The molecule has 5 rings (SSSR count). The van der Waals surface area contributed by atoms with Crippen LogP contribution >= 0.6 is 0 Å². The number of hydrogen-bond donors (Lipinski definition) is 1. The molecule has 0 aliphatic carbocycles. The molecule has 1 heterocycles. The van der Waals surface area contributed by atoms with Gasteiger partial charge in [-0.05, 0) is 72.6 Å². The number of amides is 1. The average Bonchev–Trinajstić information content (AvgIpc) is 3.02. The van der Waals surface area contributed by atoms with E-state index >= 15 is 0 Å². The van der Waals surface area contributed by atoms with E-state index in [1.54, 1.807) is 36.4 Å². The molecule has 1 aliphatic rings. The topological polar surface area (TPSA) is 79.0 Å². The lowest BCUT2D eigenvalue weighted by Crippen LogP contribution is -2.46. The molecule has 1 saturated heterocycles. The number of hydrogen-bond acceptors (Lipinski definition) is 6. The van der Waals surface area contributed by atoms with E-state index in [9.17, 15) is 13.2 Å². The number of sulfonamides is 1. The predicted molar refractivity (Wildman–Crippen MR) is 170 cm³/mol. The Morgan fingerprint density at radius 1 is 0.814 bits per heavy atom. The molecular weight excluding hydrogens is 558 g/mol. The fourth-order valence-corrected chi connectivity index (χ4v) is 6.08. The number of piperazine rings is 1. The van der Waals surface area contributed by atoms with Crippen LogP contribution in [-0.4, -0.2) is 52.0 Å². The fourth-order valence-electron chi connectivity index (χ4n) is 4.98. The van der Waals surface area contributed by atoms with Crippen LogP contribution in [0.4, 0.5) is 5.69 Å². The zero-order valence-corrected chi connectivity index (χ0v) is 25.0.